The van der Waals surface area contributed by atoms with Crippen molar-refractivity contribution < 1.29 is 5.11 Å². The summed E-state index contributed by atoms with van der Waals surface area (Å²) in [5.41, 5.74) is 0. The van der Waals surface area contributed by atoms with Gasteiger partial charge in [0.25, 0.3) is 0 Å². The van der Waals surface area contributed by atoms with Crippen LogP contribution < -0.4 is 5.32 Å². The van der Waals surface area contributed by atoms with E-state index in [1.807, 2.05) is 19.0 Å². The molecule has 0 amide bonds. The van der Waals surface area contributed by atoms with Crippen molar-refractivity contribution in [2.75, 3.05) is 60.5 Å². The van der Waals surface area contributed by atoms with Gasteiger partial charge in [-0.1, -0.05) is 0 Å². The van der Waals surface area contributed by atoms with Crippen LogP contribution in [0.1, 0.15) is 0 Å². The van der Waals surface area contributed by atoms with Crippen molar-refractivity contribution in [2.45, 2.75) is 0 Å². The van der Waals surface area contributed by atoms with E-state index in [1.165, 1.54) is 13.1 Å². The monoisotopic (exact) mass is 189 g/mol. The van der Waals surface area contributed by atoms with E-state index >= 15 is 0 Å². The van der Waals surface area contributed by atoms with Gasteiger partial charge in [0.05, 0.1) is 6.61 Å². The minimum absolute atomic E-state index is 0.257. The Morgan fingerprint density at radius 1 is 1.31 bits per heavy atom. The first-order chi connectivity index (χ1) is 6.16. The molecule has 1 fully saturated rings. The van der Waals surface area contributed by atoms with Crippen LogP contribution in [0.2, 0.25) is 0 Å². The highest BCUT2D eigenvalue weighted by Gasteiger charge is 2.01. The van der Waals surface area contributed by atoms with Gasteiger partial charge < -0.3 is 20.2 Å². The highest BCUT2D eigenvalue weighted by molar-refractivity contribution is 4.62. The molecule has 0 aromatic carbocycles. The quantitative estimate of drug-likeness (QED) is 0.588. The molecular weight excluding hydrogens is 166 g/mol. The number of nitrogens with one attached hydrogen (secondary N) is 1. The number of aliphatic hydroxyl groups excluding tert-OH is 1. The molecule has 1 heterocycles. The second-order valence-electron chi connectivity index (χ2n) is 3.58. The van der Waals surface area contributed by atoms with Crippen LogP contribution in [-0.2, 0) is 0 Å². The standard InChI is InChI=1S/C5H12N2.C4H11NO/c1-7-4-2-6-3-5-7;1-5(2)3-4-6/h6H,2-5H2,1H3;6H,3-4H2,1-2H3. The minimum Gasteiger partial charge on any atom is -0.395 e. The van der Waals surface area contributed by atoms with Crippen LogP contribution in [-0.4, -0.2) is 75.4 Å². The summed E-state index contributed by atoms with van der Waals surface area (Å²) < 4.78 is 0. The third-order valence-corrected chi connectivity index (χ3v) is 1.89. The van der Waals surface area contributed by atoms with E-state index in [4.69, 9.17) is 5.11 Å². The Balaban J connectivity index is 0.000000226. The third-order valence-electron chi connectivity index (χ3n) is 1.89. The highest BCUT2D eigenvalue weighted by Crippen LogP contribution is 1.83. The summed E-state index contributed by atoms with van der Waals surface area (Å²) in [6.45, 7) is 5.76. The first kappa shape index (κ1) is 12.8. The summed E-state index contributed by atoms with van der Waals surface area (Å²) in [5, 5.41) is 11.5. The molecule has 0 unspecified atom stereocenters. The molecule has 1 aliphatic heterocycles. The molecule has 2 N–H and O–H groups in total. The predicted octanol–water partition coefficient (Wildman–Crippen LogP) is -0.938. The van der Waals surface area contributed by atoms with Gasteiger partial charge in [-0.15, -0.1) is 0 Å². The number of aliphatic hydroxyl groups is 1. The van der Waals surface area contributed by atoms with Gasteiger partial charge in [0, 0.05) is 32.7 Å². The van der Waals surface area contributed by atoms with E-state index in [1.54, 1.807) is 0 Å². The van der Waals surface area contributed by atoms with Crippen LogP contribution in [0.5, 0.6) is 0 Å². The molecule has 13 heavy (non-hydrogen) atoms. The summed E-state index contributed by atoms with van der Waals surface area (Å²) in [4.78, 5) is 4.26. The molecule has 0 spiro atoms. The number of hydrogen-bond acceptors (Lipinski definition) is 4. The van der Waals surface area contributed by atoms with Crippen molar-refractivity contribution in [1.29, 1.82) is 0 Å². The molecule has 1 aliphatic rings. The van der Waals surface area contributed by atoms with Crippen molar-refractivity contribution in [1.82, 2.24) is 15.1 Å². The zero-order valence-corrected chi connectivity index (χ0v) is 9.08. The zero-order chi connectivity index (χ0) is 10.1. The van der Waals surface area contributed by atoms with Gasteiger partial charge >= 0.3 is 0 Å². The van der Waals surface area contributed by atoms with Gasteiger partial charge in [0.15, 0.2) is 0 Å². The van der Waals surface area contributed by atoms with E-state index in [-0.39, 0.29) is 6.61 Å². The molecule has 0 aliphatic carbocycles. The molecule has 4 heteroatoms. The molecule has 0 aromatic heterocycles. The zero-order valence-electron chi connectivity index (χ0n) is 9.08. The van der Waals surface area contributed by atoms with Crippen molar-refractivity contribution >= 4 is 0 Å². The summed E-state index contributed by atoms with van der Waals surface area (Å²) in [6.07, 6.45) is 0. The number of piperazine rings is 1. The fourth-order valence-corrected chi connectivity index (χ4v) is 0.977. The van der Waals surface area contributed by atoms with Gasteiger partial charge in [0.1, 0.15) is 0 Å². The van der Waals surface area contributed by atoms with Crippen molar-refractivity contribution in [3.05, 3.63) is 0 Å². The average molecular weight is 189 g/mol. The predicted molar refractivity (Wildman–Crippen MR) is 56.0 cm³/mol. The highest BCUT2D eigenvalue weighted by atomic mass is 16.3. The maximum atomic E-state index is 8.20. The van der Waals surface area contributed by atoms with Crippen LogP contribution in [0.4, 0.5) is 0 Å². The molecule has 1 rings (SSSR count). The molecule has 0 aromatic rings. The number of hydrogen-bond donors (Lipinski definition) is 2. The second kappa shape index (κ2) is 8.44. The fourth-order valence-electron chi connectivity index (χ4n) is 0.977. The largest absolute Gasteiger partial charge is 0.395 e. The Labute approximate surface area is 81.5 Å². The van der Waals surface area contributed by atoms with Crippen LogP contribution in [0.25, 0.3) is 0 Å². The number of nitrogens with zero attached hydrogens (tertiary/aromatic N) is 2. The lowest BCUT2D eigenvalue weighted by Crippen LogP contribution is -2.40. The molecular formula is C9H23N3O. The smallest absolute Gasteiger partial charge is 0.0558 e. The van der Waals surface area contributed by atoms with Gasteiger partial charge in [-0.3, -0.25) is 0 Å². The average Bonchev–Trinajstić information content (AvgIpc) is 2.06. The van der Waals surface area contributed by atoms with E-state index in [0.717, 1.165) is 19.6 Å². The van der Waals surface area contributed by atoms with E-state index in [2.05, 4.69) is 17.3 Å². The molecule has 4 nitrogen and oxygen atoms in total. The molecule has 0 saturated carbocycles. The first-order valence-corrected chi connectivity index (χ1v) is 4.81. The van der Waals surface area contributed by atoms with Crippen LogP contribution in [0, 0.1) is 0 Å². The normalized spacial score (nSPS) is 18.2. The summed E-state index contributed by atoms with van der Waals surface area (Å²) in [5.74, 6) is 0. The Hall–Kier alpha value is -0.160. The van der Waals surface area contributed by atoms with Gasteiger partial charge in [-0.25, -0.2) is 0 Å². The summed E-state index contributed by atoms with van der Waals surface area (Å²) in [6, 6.07) is 0. The molecule has 0 radical (unpaired) electrons. The summed E-state index contributed by atoms with van der Waals surface area (Å²) in [7, 11) is 6.01. The van der Waals surface area contributed by atoms with Gasteiger partial charge in [-0.05, 0) is 21.1 Å². The topological polar surface area (TPSA) is 38.7 Å². The summed E-state index contributed by atoms with van der Waals surface area (Å²) >= 11 is 0. The minimum atomic E-state index is 0.257. The van der Waals surface area contributed by atoms with Crippen LogP contribution in [0.15, 0.2) is 0 Å². The molecule has 0 atom stereocenters. The number of rotatable bonds is 2. The molecule has 80 valence electrons. The Morgan fingerprint density at radius 3 is 2.00 bits per heavy atom. The van der Waals surface area contributed by atoms with Crippen molar-refractivity contribution in [3.63, 3.8) is 0 Å². The molecule has 0 bridgehead atoms. The van der Waals surface area contributed by atoms with Crippen LogP contribution >= 0.6 is 0 Å². The maximum Gasteiger partial charge on any atom is 0.0558 e. The number of likely N-dealkylation sites (N-methyl/N-ethyl adjacent to an activating group) is 2. The van der Waals surface area contributed by atoms with E-state index in [9.17, 15) is 0 Å². The van der Waals surface area contributed by atoms with Crippen molar-refractivity contribution in [3.8, 4) is 0 Å². The van der Waals surface area contributed by atoms with Crippen LogP contribution in [0.3, 0.4) is 0 Å². The van der Waals surface area contributed by atoms with Crippen molar-refractivity contribution in [2.24, 2.45) is 0 Å². The Bertz CT molecular complexity index is 103. The Kier molecular flexibility index (Phi) is 8.33. The van der Waals surface area contributed by atoms with E-state index in [0.29, 0.717) is 0 Å². The lowest BCUT2D eigenvalue weighted by atomic mass is 10.4. The van der Waals surface area contributed by atoms with E-state index < -0.39 is 0 Å². The maximum absolute atomic E-state index is 8.20. The van der Waals surface area contributed by atoms with Gasteiger partial charge in [-0.2, -0.15) is 0 Å². The molecule has 1 saturated heterocycles. The lowest BCUT2D eigenvalue weighted by molar-refractivity contribution is 0.243. The third kappa shape index (κ3) is 9.76. The second-order valence-corrected chi connectivity index (χ2v) is 3.58. The lowest BCUT2D eigenvalue weighted by Gasteiger charge is -2.21. The van der Waals surface area contributed by atoms with Gasteiger partial charge in [0.2, 0.25) is 0 Å². The fraction of sp³-hybridized carbons (Fsp3) is 1.00. The first-order valence-electron chi connectivity index (χ1n) is 4.81. The Morgan fingerprint density at radius 2 is 1.85 bits per heavy atom. The SMILES string of the molecule is CN(C)CCO.CN1CCNCC1.